The van der Waals surface area contributed by atoms with E-state index in [2.05, 4.69) is 0 Å². The maximum absolute atomic E-state index is 12.9. The van der Waals surface area contributed by atoms with Crippen molar-refractivity contribution in [3.8, 4) is 5.75 Å². The molecule has 0 saturated carbocycles. The lowest BCUT2D eigenvalue weighted by atomic mass is 10.1. The Morgan fingerprint density at radius 3 is 2.64 bits per heavy atom. The zero-order valence-electron chi connectivity index (χ0n) is 14.8. The van der Waals surface area contributed by atoms with Crippen LogP contribution in [-0.2, 0) is 9.59 Å². The van der Waals surface area contributed by atoms with Crippen LogP contribution in [-0.4, -0.2) is 31.5 Å². The molecule has 0 saturated heterocycles. The van der Waals surface area contributed by atoms with Gasteiger partial charge >= 0.3 is 0 Å². The van der Waals surface area contributed by atoms with E-state index in [1.54, 1.807) is 4.90 Å². The van der Waals surface area contributed by atoms with Gasteiger partial charge in [-0.3, -0.25) is 14.5 Å². The van der Waals surface area contributed by atoms with Crippen LogP contribution in [0.5, 0.6) is 5.75 Å². The number of aryl methyl sites for hydroxylation is 2. The maximum atomic E-state index is 12.9. The van der Waals surface area contributed by atoms with E-state index in [0.29, 0.717) is 18.0 Å². The first kappa shape index (κ1) is 17.0. The number of ether oxygens (including phenoxy) is 1. The van der Waals surface area contributed by atoms with Crippen LogP contribution >= 0.6 is 0 Å². The molecule has 0 aliphatic carbocycles. The second-order valence-corrected chi connectivity index (χ2v) is 6.22. The average Bonchev–Trinajstić information content (AvgIpc) is 2.58. The normalized spacial score (nSPS) is 13.2. The van der Waals surface area contributed by atoms with Gasteiger partial charge in [-0.15, -0.1) is 0 Å². The molecule has 2 aromatic rings. The third-order valence-electron chi connectivity index (χ3n) is 4.28. The Morgan fingerprint density at radius 2 is 1.92 bits per heavy atom. The molecule has 3 rings (SSSR count). The minimum absolute atomic E-state index is 0.000425. The van der Waals surface area contributed by atoms with Crippen LogP contribution in [0.25, 0.3) is 0 Å². The summed E-state index contributed by atoms with van der Waals surface area (Å²) in [4.78, 5) is 28.4. The highest BCUT2D eigenvalue weighted by Gasteiger charge is 2.29. The summed E-state index contributed by atoms with van der Waals surface area (Å²) >= 11 is 0. The Kier molecular flexibility index (Phi) is 4.74. The molecule has 1 aliphatic heterocycles. The molecule has 1 aliphatic rings. The maximum Gasteiger partial charge on any atom is 0.265 e. The minimum Gasteiger partial charge on any atom is -0.482 e. The summed E-state index contributed by atoms with van der Waals surface area (Å²) in [5, 5.41) is 0. The van der Waals surface area contributed by atoms with Gasteiger partial charge in [-0.25, -0.2) is 0 Å². The smallest absolute Gasteiger partial charge is 0.265 e. The van der Waals surface area contributed by atoms with Gasteiger partial charge in [-0.05, 0) is 56.2 Å². The van der Waals surface area contributed by atoms with Crippen LogP contribution in [0.15, 0.2) is 42.5 Å². The number of carbonyl (C=O) groups is 2. The predicted octanol–water partition coefficient (Wildman–Crippen LogP) is 3.08. The summed E-state index contributed by atoms with van der Waals surface area (Å²) < 4.78 is 5.47. The predicted molar refractivity (Wildman–Crippen MR) is 98.2 cm³/mol. The lowest BCUT2D eigenvalue weighted by Gasteiger charge is -2.31. The lowest BCUT2D eigenvalue weighted by molar-refractivity contribution is -0.124. The number of amides is 2. The number of benzene rings is 2. The number of hydrogen-bond donors (Lipinski definition) is 0. The van der Waals surface area contributed by atoms with Gasteiger partial charge in [0.25, 0.3) is 5.91 Å². The monoisotopic (exact) mass is 338 g/mol. The van der Waals surface area contributed by atoms with Gasteiger partial charge in [0.15, 0.2) is 6.61 Å². The highest BCUT2D eigenvalue weighted by molar-refractivity contribution is 6.05. The third kappa shape index (κ3) is 3.50. The highest BCUT2D eigenvalue weighted by atomic mass is 16.5. The van der Waals surface area contributed by atoms with E-state index in [9.17, 15) is 9.59 Å². The highest BCUT2D eigenvalue weighted by Crippen LogP contribution is 2.33. The van der Waals surface area contributed by atoms with Crippen molar-refractivity contribution in [2.75, 3.05) is 29.5 Å². The fourth-order valence-corrected chi connectivity index (χ4v) is 3.00. The van der Waals surface area contributed by atoms with Crippen LogP contribution in [0.1, 0.15) is 18.1 Å². The molecule has 0 spiro atoms. The molecule has 2 aromatic carbocycles. The van der Waals surface area contributed by atoms with E-state index in [1.807, 2.05) is 63.2 Å². The van der Waals surface area contributed by atoms with Gasteiger partial charge in [0, 0.05) is 12.2 Å². The number of rotatable bonds is 4. The first-order chi connectivity index (χ1) is 12.0. The Balaban J connectivity index is 1.87. The lowest BCUT2D eigenvalue weighted by Crippen LogP contribution is -2.46. The second kappa shape index (κ2) is 6.97. The minimum atomic E-state index is -0.202. The molecule has 0 radical (unpaired) electrons. The van der Waals surface area contributed by atoms with Crippen molar-refractivity contribution in [3.63, 3.8) is 0 Å². The first-order valence-corrected chi connectivity index (χ1v) is 8.40. The third-order valence-corrected chi connectivity index (χ3v) is 4.28. The molecule has 0 aromatic heterocycles. The van der Waals surface area contributed by atoms with Crippen molar-refractivity contribution in [1.82, 2.24) is 0 Å². The summed E-state index contributed by atoms with van der Waals surface area (Å²) in [5.41, 5.74) is 3.61. The van der Waals surface area contributed by atoms with E-state index in [-0.39, 0.29) is 25.0 Å². The molecular weight excluding hydrogens is 316 g/mol. The molecule has 1 heterocycles. The number of fused-ring (bicyclic) bond motifs is 1. The molecule has 0 N–H and O–H groups in total. The van der Waals surface area contributed by atoms with E-state index in [0.717, 1.165) is 16.8 Å². The SMILES string of the molecule is CCN(C(=O)CN1C(=O)COc2ccc(C)cc21)c1cccc(C)c1. The largest absolute Gasteiger partial charge is 0.482 e. The summed E-state index contributed by atoms with van der Waals surface area (Å²) in [5.74, 6) is 0.319. The van der Waals surface area contributed by atoms with E-state index < -0.39 is 0 Å². The molecular formula is C20H22N2O3. The summed E-state index contributed by atoms with van der Waals surface area (Å²) in [7, 11) is 0. The van der Waals surface area contributed by atoms with Crippen LogP contribution in [0.2, 0.25) is 0 Å². The fraction of sp³-hybridized carbons (Fsp3) is 0.300. The first-order valence-electron chi connectivity index (χ1n) is 8.40. The second-order valence-electron chi connectivity index (χ2n) is 6.22. The van der Waals surface area contributed by atoms with Gasteiger partial charge in [-0.2, -0.15) is 0 Å². The van der Waals surface area contributed by atoms with Crippen LogP contribution < -0.4 is 14.5 Å². The summed E-state index contributed by atoms with van der Waals surface area (Å²) in [6.45, 7) is 6.37. The van der Waals surface area contributed by atoms with Gasteiger partial charge in [0.05, 0.1) is 5.69 Å². The molecule has 2 amide bonds. The Morgan fingerprint density at radius 1 is 1.16 bits per heavy atom. The Hall–Kier alpha value is -2.82. The van der Waals surface area contributed by atoms with Gasteiger partial charge in [0.2, 0.25) is 5.91 Å². The van der Waals surface area contributed by atoms with Gasteiger partial charge < -0.3 is 9.64 Å². The molecule has 0 unspecified atom stereocenters. The van der Waals surface area contributed by atoms with Crippen LogP contribution in [0.4, 0.5) is 11.4 Å². The Bertz CT molecular complexity index is 816. The number of carbonyl (C=O) groups excluding carboxylic acids is 2. The zero-order valence-corrected chi connectivity index (χ0v) is 14.8. The summed E-state index contributed by atoms with van der Waals surface area (Å²) in [6.07, 6.45) is 0. The standard InChI is InChI=1S/C20H22N2O3/c1-4-21(16-7-5-6-14(2)10-16)19(23)12-22-17-11-15(3)8-9-18(17)25-13-20(22)24/h5-11H,4,12-13H2,1-3H3. The molecule has 0 atom stereocenters. The van der Waals surface area contributed by atoms with Crippen molar-refractivity contribution >= 4 is 23.2 Å². The quantitative estimate of drug-likeness (QED) is 0.861. The number of anilines is 2. The van der Waals surface area contributed by atoms with Crippen molar-refractivity contribution in [1.29, 1.82) is 0 Å². The van der Waals surface area contributed by atoms with E-state index in [1.165, 1.54) is 4.90 Å². The average molecular weight is 338 g/mol. The van der Waals surface area contributed by atoms with Crippen LogP contribution in [0.3, 0.4) is 0 Å². The van der Waals surface area contributed by atoms with Crippen LogP contribution in [0, 0.1) is 13.8 Å². The fourth-order valence-electron chi connectivity index (χ4n) is 3.00. The van der Waals surface area contributed by atoms with E-state index >= 15 is 0 Å². The number of likely N-dealkylation sites (N-methyl/N-ethyl adjacent to an activating group) is 1. The number of hydrogen-bond acceptors (Lipinski definition) is 3. The zero-order chi connectivity index (χ0) is 18.0. The molecule has 130 valence electrons. The molecule has 5 heteroatoms. The number of nitrogens with zero attached hydrogens (tertiary/aromatic N) is 2. The molecule has 0 bridgehead atoms. The van der Waals surface area contributed by atoms with Crippen molar-refractivity contribution < 1.29 is 14.3 Å². The molecule has 0 fully saturated rings. The van der Waals surface area contributed by atoms with Gasteiger partial charge in [-0.1, -0.05) is 18.2 Å². The summed E-state index contributed by atoms with van der Waals surface area (Å²) in [6, 6.07) is 13.5. The Labute approximate surface area is 147 Å². The van der Waals surface area contributed by atoms with Crippen molar-refractivity contribution in [2.24, 2.45) is 0 Å². The van der Waals surface area contributed by atoms with E-state index in [4.69, 9.17) is 4.74 Å². The topological polar surface area (TPSA) is 49.9 Å². The van der Waals surface area contributed by atoms with Crippen molar-refractivity contribution in [2.45, 2.75) is 20.8 Å². The molecule has 5 nitrogen and oxygen atoms in total. The van der Waals surface area contributed by atoms with Gasteiger partial charge in [0.1, 0.15) is 12.3 Å². The van der Waals surface area contributed by atoms with Crippen molar-refractivity contribution in [3.05, 3.63) is 53.6 Å². The molecule has 25 heavy (non-hydrogen) atoms.